The molecule has 0 rings (SSSR count). The third kappa shape index (κ3) is 35.7. The Hall–Kier alpha value is -2.67. The molecule has 0 aromatic carbocycles. The molecule has 52 heavy (non-hydrogen) atoms. The summed E-state index contributed by atoms with van der Waals surface area (Å²) < 4.78 is 5.92. The highest BCUT2D eigenvalue weighted by atomic mass is 16.5. The van der Waals surface area contributed by atoms with Crippen molar-refractivity contribution in [3.05, 3.63) is 48.6 Å². The van der Waals surface area contributed by atoms with Crippen molar-refractivity contribution < 1.29 is 24.2 Å². The number of hydrogen-bond donors (Lipinski definition) is 3. The molecule has 0 fully saturated rings. The topological polar surface area (TPSA) is 119 Å². The maximum absolute atomic E-state index is 12.7. The molecule has 0 aliphatic heterocycles. The first-order chi connectivity index (χ1) is 25.4. The molecule has 0 aliphatic carbocycles. The zero-order valence-electron chi connectivity index (χ0n) is 33.6. The smallest absolute Gasteiger partial charge is 0.326 e. The van der Waals surface area contributed by atoms with Gasteiger partial charge in [-0.1, -0.05) is 140 Å². The van der Waals surface area contributed by atoms with Crippen LogP contribution in [-0.4, -0.2) is 41.6 Å². The summed E-state index contributed by atoms with van der Waals surface area (Å²) >= 11 is 0. The fraction of sp³-hybridized carbons (Fsp3) is 0.756. The zero-order valence-corrected chi connectivity index (χ0v) is 33.6. The molecule has 0 radical (unpaired) electrons. The van der Waals surface area contributed by atoms with E-state index in [4.69, 9.17) is 10.5 Å². The molecule has 2 atom stereocenters. The van der Waals surface area contributed by atoms with Crippen molar-refractivity contribution in [3.63, 3.8) is 0 Å². The van der Waals surface area contributed by atoms with Crippen LogP contribution < -0.4 is 11.1 Å². The molecule has 0 saturated heterocycles. The maximum Gasteiger partial charge on any atom is 0.326 e. The first-order valence-corrected chi connectivity index (χ1v) is 21.5. The molecule has 2 unspecified atom stereocenters. The van der Waals surface area contributed by atoms with Gasteiger partial charge in [0.1, 0.15) is 12.1 Å². The van der Waals surface area contributed by atoms with Crippen molar-refractivity contribution in [2.75, 3.05) is 6.54 Å². The van der Waals surface area contributed by atoms with E-state index in [0.29, 0.717) is 38.6 Å². The molecule has 0 aromatic heterocycles. The Morgan fingerprint density at radius 2 is 1.06 bits per heavy atom. The summed E-state index contributed by atoms with van der Waals surface area (Å²) in [6.45, 7) is 4.88. The fourth-order valence-electron chi connectivity index (χ4n) is 6.07. The van der Waals surface area contributed by atoms with Crippen molar-refractivity contribution in [2.45, 2.75) is 212 Å². The molecule has 0 aromatic rings. The fourth-order valence-corrected chi connectivity index (χ4v) is 6.07. The summed E-state index contributed by atoms with van der Waals surface area (Å²) in [5.74, 6) is -1.34. The van der Waals surface area contributed by atoms with E-state index in [1.54, 1.807) is 0 Å². The van der Waals surface area contributed by atoms with Gasteiger partial charge < -0.3 is 20.9 Å². The predicted molar refractivity (Wildman–Crippen MR) is 220 cm³/mol. The Labute approximate surface area is 319 Å². The number of aliphatic carboxylic acids is 1. The lowest BCUT2D eigenvalue weighted by Gasteiger charge is -2.15. The Bertz CT molecular complexity index is 957. The van der Waals surface area contributed by atoms with Gasteiger partial charge in [-0.15, -0.1) is 0 Å². The van der Waals surface area contributed by atoms with E-state index < -0.39 is 12.0 Å². The standard InChI is InChI=1S/C45H80N2O5/c1-3-5-7-9-11-13-14-15-16-17-18-19-20-21-22-23-25-27-33-39-44(49)52-41(35-30-26-24-12-10-8-6-4-2)36-31-28-29-32-38-43(48)47-42(45(50)51)37-34-40-46/h11,13,15-16,18-19,30,35,41-42H,3-10,12,14,17,20-29,31-34,36-40,46H2,1-2H3,(H,47,48)(H,50,51)/b13-11-,16-15-,19-18-,35-30-. The van der Waals surface area contributed by atoms with Gasteiger partial charge in [-0.25, -0.2) is 4.79 Å². The number of esters is 1. The predicted octanol–water partition coefficient (Wildman–Crippen LogP) is 12.0. The molecule has 0 spiro atoms. The lowest BCUT2D eigenvalue weighted by molar-refractivity contribution is -0.147. The minimum absolute atomic E-state index is 0.101. The van der Waals surface area contributed by atoms with E-state index >= 15 is 0 Å². The molecule has 7 heteroatoms. The van der Waals surface area contributed by atoms with E-state index in [0.717, 1.165) is 70.6 Å². The van der Waals surface area contributed by atoms with E-state index in [9.17, 15) is 19.5 Å². The normalized spacial score (nSPS) is 13.1. The van der Waals surface area contributed by atoms with Gasteiger partial charge in [0.05, 0.1) is 0 Å². The average Bonchev–Trinajstić information content (AvgIpc) is 3.13. The molecule has 300 valence electrons. The maximum atomic E-state index is 12.7. The van der Waals surface area contributed by atoms with Gasteiger partial charge in [0, 0.05) is 12.8 Å². The number of unbranched alkanes of at least 4 members (excludes halogenated alkanes) is 18. The van der Waals surface area contributed by atoms with Crippen LogP contribution in [-0.2, 0) is 19.1 Å². The molecule has 7 nitrogen and oxygen atoms in total. The summed E-state index contributed by atoms with van der Waals surface area (Å²) in [6.07, 6.45) is 47.4. The average molecular weight is 729 g/mol. The molecular formula is C45H80N2O5. The van der Waals surface area contributed by atoms with Crippen LogP contribution in [0.2, 0.25) is 0 Å². The second kappa shape index (κ2) is 39.5. The number of allylic oxidation sites excluding steroid dienone is 7. The van der Waals surface area contributed by atoms with Crippen LogP contribution in [0.3, 0.4) is 0 Å². The number of rotatable bonds is 38. The largest absolute Gasteiger partial charge is 0.480 e. The number of amides is 1. The summed E-state index contributed by atoms with van der Waals surface area (Å²) in [7, 11) is 0. The van der Waals surface area contributed by atoms with Crippen LogP contribution in [0, 0.1) is 0 Å². The van der Waals surface area contributed by atoms with Crippen molar-refractivity contribution in [1.82, 2.24) is 5.32 Å². The first-order valence-electron chi connectivity index (χ1n) is 21.5. The number of nitrogens with two attached hydrogens (primary N) is 1. The van der Waals surface area contributed by atoms with E-state index in [1.807, 2.05) is 0 Å². The van der Waals surface area contributed by atoms with Gasteiger partial charge in [0.15, 0.2) is 0 Å². The number of carboxylic acids is 1. The van der Waals surface area contributed by atoms with Crippen molar-refractivity contribution in [2.24, 2.45) is 5.73 Å². The van der Waals surface area contributed by atoms with Gasteiger partial charge in [-0.3, -0.25) is 9.59 Å². The Balaban J connectivity index is 4.26. The van der Waals surface area contributed by atoms with Crippen molar-refractivity contribution in [1.29, 1.82) is 0 Å². The van der Waals surface area contributed by atoms with Crippen LogP contribution in [0.25, 0.3) is 0 Å². The third-order valence-corrected chi connectivity index (χ3v) is 9.35. The lowest BCUT2D eigenvalue weighted by Crippen LogP contribution is -2.40. The van der Waals surface area contributed by atoms with Crippen LogP contribution in [0.1, 0.15) is 200 Å². The van der Waals surface area contributed by atoms with Gasteiger partial charge in [0.25, 0.3) is 0 Å². The Morgan fingerprint density at radius 1 is 0.577 bits per heavy atom. The number of ether oxygens (including phenoxy) is 1. The second-order valence-corrected chi connectivity index (χ2v) is 14.4. The minimum atomic E-state index is -1.02. The van der Waals surface area contributed by atoms with Crippen LogP contribution in [0.5, 0.6) is 0 Å². The van der Waals surface area contributed by atoms with Crippen LogP contribution in [0.4, 0.5) is 0 Å². The third-order valence-electron chi connectivity index (χ3n) is 9.35. The van der Waals surface area contributed by atoms with Crippen molar-refractivity contribution >= 4 is 17.8 Å². The highest BCUT2D eigenvalue weighted by molar-refractivity contribution is 5.83. The van der Waals surface area contributed by atoms with Gasteiger partial charge in [0.2, 0.25) is 5.91 Å². The Morgan fingerprint density at radius 3 is 1.65 bits per heavy atom. The number of hydrogen-bond acceptors (Lipinski definition) is 5. The molecule has 0 bridgehead atoms. The Kier molecular flexibility index (Phi) is 37.5. The molecular weight excluding hydrogens is 649 g/mol. The monoisotopic (exact) mass is 729 g/mol. The van der Waals surface area contributed by atoms with Gasteiger partial charge in [-0.05, 0) is 103 Å². The van der Waals surface area contributed by atoms with Gasteiger partial charge >= 0.3 is 11.9 Å². The number of carbonyl (C=O) groups is 3. The van der Waals surface area contributed by atoms with E-state index in [-0.39, 0.29) is 18.0 Å². The minimum Gasteiger partial charge on any atom is -0.480 e. The first kappa shape index (κ1) is 49.3. The molecule has 4 N–H and O–H groups in total. The zero-order chi connectivity index (χ0) is 38.2. The summed E-state index contributed by atoms with van der Waals surface area (Å²) in [6, 6.07) is -0.872. The van der Waals surface area contributed by atoms with Gasteiger partial charge in [-0.2, -0.15) is 0 Å². The highest BCUT2D eigenvalue weighted by Gasteiger charge is 2.19. The lowest BCUT2D eigenvalue weighted by atomic mass is 10.1. The number of carbonyl (C=O) groups excluding carboxylic acids is 2. The number of carboxylic acid groups (broad SMARTS) is 1. The second-order valence-electron chi connectivity index (χ2n) is 14.4. The van der Waals surface area contributed by atoms with Crippen molar-refractivity contribution in [3.8, 4) is 0 Å². The quantitative estimate of drug-likeness (QED) is 0.0331. The van der Waals surface area contributed by atoms with E-state index in [2.05, 4.69) is 67.8 Å². The number of nitrogens with one attached hydrogen (secondary N) is 1. The molecule has 0 heterocycles. The molecule has 0 aliphatic rings. The molecule has 0 saturated carbocycles. The van der Waals surface area contributed by atoms with E-state index in [1.165, 1.54) is 83.5 Å². The summed E-state index contributed by atoms with van der Waals surface area (Å²) in [5.41, 5.74) is 5.48. The van der Waals surface area contributed by atoms with Crippen LogP contribution in [0.15, 0.2) is 48.6 Å². The SMILES string of the molecule is CCCCC/C=C\C/C=C\C/C=C\CCCCCCCCC(=O)OC(/C=C\CCCCCCCC)CCCCCCC(=O)NC(CCCN)C(=O)O. The highest BCUT2D eigenvalue weighted by Crippen LogP contribution is 2.15. The summed E-state index contributed by atoms with van der Waals surface area (Å²) in [4.78, 5) is 36.3. The van der Waals surface area contributed by atoms with Crippen LogP contribution >= 0.6 is 0 Å². The molecule has 1 amide bonds. The summed E-state index contributed by atoms with van der Waals surface area (Å²) in [5, 5.41) is 11.9.